The number of carbonyl (C=O) groups is 1. The van der Waals surface area contributed by atoms with Crippen molar-refractivity contribution in [2.45, 2.75) is 20.1 Å². The molecular formula is C7H14N2O3. The van der Waals surface area contributed by atoms with Gasteiger partial charge in [-0.2, -0.15) is 0 Å². The number of aliphatic hydroxyl groups is 2. The molecule has 1 aliphatic rings. The third-order valence-corrected chi connectivity index (χ3v) is 2.06. The minimum Gasteiger partial charge on any atom is -0.376 e. The van der Waals surface area contributed by atoms with Crippen molar-refractivity contribution >= 4 is 6.03 Å². The van der Waals surface area contributed by atoms with Crippen LogP contribution in [0, 0.1) is 5.41 Å². The number of carbonyl (C=O) groups excluding carboxylic acids is 1. The van der Waals surface area contributed by atoms with Crippen molar-refractivity contribution < 1.29 is 15.0 Å². The maximum absolute atomic E-state index is 11.0. The maximum atomic E-state index is 11.0. The summed E-state index contributed by atoms with van der Waals surface area (Å²) in [5.74, 6) is 0. The van der Waals surface area contributed by atoms with Crippen LogP contribution in [0.2, 0.25) is 0 Å². The highest BCUT2D eigenvalue weighted by Gasteiger charge is 2.37. The fraction of sp³-hybridized carbons (Fsp3) is 0.857. The normalized spacial score (nSPS) is 28.5. The topological polar surface area (TPSA) is 72.8 Å². The molecule has 3 N–H and O–H groups in total. The van der Waals surface area contributed by atoms with E-state index in [0.29, 0.717) is 6.54 Å². The van der Waals surface area contributed by atoms with Crippen molar-refractivity contribution in [2.24, 2.45) is 5.41 Å². The molecule has 2 amide bonds. The van der Waals surface area contributed by atoms with Crippen LogP contribution in [0.15, 0.2) is 0 Å². The number of nitrogens with one attached hydrogen (secondary N) is 1. The second-order valence-electron chi connectivity index (χ2n) is 3.68. The summed E-state index contributed by atoms with van der Waals surface area (Å²) < 4.78 is 0. The molecule has 1 atom stereocenters. The van der Waals surface area contributed by atoms with Gasteiger partial charge in [-0.15, -0.1) is 0 Å². The maximum Gasteiger partial charge on any atom is 0.321 e. The second-order valence-corrected chi connectivity index (χ2v) is 3.68. The molecule has 0 aliphatic carbocycles. The molecule has 0 aromatic rings. The third kappa shape index (κ3) is 1.51. The molecule has 1 rings (SSSR count). The average molecular weight is 174 g/mol. The fourth-order valence-corrected chi connectivity index (χ4v) is 1.17. The Morgan fingerprint density at radius 1 is 1.75 bits per heavy atom. The molecule has 5 nitrogen and oxygen atoms in total. The highest BCUT2D eigenvalue weighted by Crippen LogP contribution is 2.24. The third-order valence-electron chi connectivity index (χ3n) is 2.06. The number of hydrogen-bond acceptors (Lipinski definition) is 3. The van der Waals surface area contributed by atoms with E-state index < -0.39 is 17.7 Å². The van der Waals surface area contributed by atoms with Gasteiger partial charge in [-0.05, 0) is 0 Å². The van der Waals surface area contributed by atoms with E-state index in [-0.39, 0.29) is 6.73 Å². The molecule has 0 aromatic heterocycles. The van der Waals surface area contributed by atoms with Crippen LogP contribution in [-0.2, 0) is 0 Å². The zero-order chi connectivity index (χ0) is 9.35. The lowest BCUT2D eigenvalue weighted by atomic mass is 9.89. The first-order valence-corrected chi connectivity index (χ1v) is 3.82. The number of rotatable bonds is 1. The van der Waals surface area contributed by atoms with Crippen molar-refractivity contribution in [2.75, 3.05) is 13.3 Å². The van der Waals surface area contributed by atoms with Crippen LogP contribution >= 0.6 is 0 Å². The van der Waals surface area contributed by atoms with Crippen LogP contribution in [0.5, 0.6) is 0 Å². The monoisotopic (exact) mass is 174 g/mol. The average Bonchev–Trinajstić information content (AvgIpc) is 1.97. The lowest BCUT2D eigenvalue weighted by Crippen LogP contribution is -2.60. The summed E-state index contributed by atoms with van der Waals surface area (Å²) in [6.07, 6.45) is -0.840. The van der Waals surface area contributed by atoms with E-state index >= 15 is 0 Å². The van der Waals surface area contributed by atoms with Crippen LogP contribution in [-0.4, -0.2) is 40.6 Å². The zero-order valence-electron chi connectivity index (χ0n) is 7.24. The van der Waals surface area contributed by atoms with Crippen LogP contribution in [0.25, 0.3) is 0 Å². The highest BCUT2D eigenvalue weighted by atomic mass is 16.3. The molecule has 5 heteroatoms. The molecule has 0 bridgehead atoms. The Balaban J connectivity index is 2.70. The molecule has 1 heterocycles. The molecule has 70 valence electrons. The van der Waals surface area contributed by atoms with Crippen LogP contribution in [0.3, 0.4) is 0 Å². The molecule has 0 saturated carbocycles. The summed E-state index contributed by atoms with van der Waals surface area (Å²) in [5, 5.41) is 20.5. The fourth-order valence-electron chi connectivity index (χ4n) is 1.17. The quantitative estimate of drug-likeness (QED) is 0.492. The predicted molar refractivity (Wildman–Crippen MR) is 42.1 cm³/mol. The zero-order valence-corrected chi connectivity index (χ0v) is 7.24. The van der Waals surface area contributed by atoms with Gasteiger partial charge in [0, 0.05) is 12.0 Å². The molecule has 0 radical (unpaired) electrons. The standard InChI is InChI=1S/C7H14N2O3/c1-7(2)3-9(4-10)6(12)8-5(7)11/h5,10-11H,3-4H2,1-2H3,(H,8,12). The molecule has 1 saturated heterocycles. The van der Waals surface area contributed by atoms with Crippen molar-refractivity contribution in [3.8, 4) is 0 Å². The van der Waals surface area contributed by atoms with Gasteiger partial charge in [-0.25, -0.2) is 4.79 Å². The highest BCUT2D eigenvalue weighted by molar-refractivity contribution is 5.75. The van der Waals surface area contributed by atoms with Gasteiger partial charge in [-0.1, -0.05) is 13.8 Å². The minimum absolute atomic E-state index is 0.317. The van der Waals surface area contributed by atoms with Crippen molar-refractivity contribution in [3.05, 3.63) is 0 Å². The second kappa shape index (κ2) is 2.91. The van der Waals surface area contributed by atoms with E-state index in [1.807, 2.05) is 13.8 Å². The first-order valence-electron chi connectivity index (χ1n) is 3.82. The number of aliphatic hydroxyl groups excluding tert-OH is 2. The van der Waals surface area contributed by atoms with Crippen LogP contribution in [0.4, 0.5) is 4.79 Å². The van der Waals surface area contributed by atoms with E-state index in [2.05, 4.69) is 5.32 Å². The van der Waals surface area contributed by atoms with E-state index in [1.54, 1.807) is 0 Å². The Labute approximate surface area is 71.0 Å². The largest absolute Gasteiger partial charge is 0.376 e. The summed E-state index contributed by atoms with van der Waals surface area (Å²) in [6.45, 7) is 3.68. The van der Waals surface area contributed by atoms with Crippen molar-refractivity contribution in [1.29, 1.82) is 0 Å². The number of nitrogens with zero attached hydrogens (tertiary/aromatic N) is 1. The molecule has 0 spiro atoms. The molecule has 0 aromatic carbocycles. The van der Waals surface area contributed by atoms with Gasteiger partial charge in [0.15, 0.2) is 0 Å². The van der Waals surface area contributed by atoms with Gasteiger partial charge >= 0.3 is 6.03 Å². The van der Waals surface area contributed by atoms with Gasteiger partial charge in [-0.3, -0.25) is 0 Å². The molecule has 1 fully saturated rings. The Bertz CT molecular complexity index is 193. The summed E-state index contributed by atoms with van der Waals surface area (Å²) in [4.78, 5) is 12.3. The van der Waals surface area contributed by atoms with Crippen LogP contribution in [0.1, 0.15) is 13.8 Å². The summed E-state index contributed by atoms with van der Waals surface area (Å²) in [5.41, 5.74) is -0.420. The van der Waals surface area contributed by atoms with Gasteiger partial charge in [0.2, 0.25) is 0 Å². The number of hydrogen-bond donors (Lipinski definition) is 3. The van der Waals surface area contributed by atoms with E-state index in [4.69, 9.17) is 5.11 Å². The predicted octanol–water partition coefficient (Wildman–Crippen LogP) is -0.694. The first kappa shape index (κ1) is 9.28. The molecule has 1 unspecified atom stereocenters. The summed E-state index contributed by atoms with van der Waals surface area (Å²) in [7, 11) is 0. The van der Waals surface area contributed by atoms with Gasteiger partial charge < -0.3 is 20.4 Å². The number of urea groups is 1. The minimum atomic E-state index is -0.840. The van der Waals surface area contributed by atoms with Crippen molar-refractivity contribution in [1.82, 2.24) is 10.2 Å². The van der Waals surface area contributed by atoms with Gasteiger partial charge in [0.05, 0.1) is 0 Å². The molecule has 1 aliphatic heterocycles. The Hall–Kier alpha value is -0.810. The van der Waals surface area contributed by atoms with E-state index in [0.717, 1.165) is 0 Å². The van der Waals surface area contributed by atoms with Crippen molar-refractivity contribution in [3.63, 3.8) is 0 Å². The SMILES string of the molecule is CC1(C)CN(CO)C(=O)NC1O. The summed E-state index contributed by atoms with van der Waals surface area (Å²) in [6, 6.07) is -0.427. The summed E-state index contributed by atoms with van der Waals surface area (Å²) >= 11 is 0. The first-order chi connectivity index (χ1) is 5.47. The molecular weight excluding hydrogens is 160 g/mol. The lowest BCUT2D eigenvalue weighted by Gasteiger charge is -2.41. The Morgan fingerprint density at radius 3 is 2.83 bits per heavy atom. The molecule has 12 heavy (non-hydrogen) atoms. The van der Waals surface area contributed by atoms with E-state index in [1.165, 1.54) is 4.90 Å². The number of amides is 2. The van der Waals surface area contributed by atoms with E-state index in [9.17, 15) is 9.90 Å². The Morgan fingerprint density at radius 2 is 2.33 bits per heavy atom. The smallest absolute Gasteiger partial charge is 0.321 e. The van der Waals surface area contributed by atoms with Gasteiger partial charge in [0.25, 0.3) is 0 Å². The lowest BCUT2D eigenvalue weighted by molar-refractivity contribution is -0.0320. The van der Waals surface area contributed by atoms with Crippen LogP contribution < -0.4 is 5.32 Å². The van der Waals surface area contributed by atoms with Gasteiger partial charge in [0.1, 0.15) is 13.0 Å². The Kier molecular flexibility index (Phi) is 2.25.